The Morgan fingerprint density at radius 1 is 1.00 bits per heavy atom. The molecule has 1 amide bonds. The van der Waals surface area contributed by atoms with Crippen LogP contribution in [0.15, 0.2) is 64.6 Å². The van der Waals surface area contributed by atoms with Crippen molar-refractivity contribution in [3.8, 4) is 0 Å². The SMILES string of the molecule is CN(C(=O)c1ccccc1)c1ccc(N2C(N)=NC(N)=NC23CCCCC3)cc1. The Hall–Kier alpha value is -3.35. The van der Waals surface area contributed by atoms with Crippen LogP contribution in [0.25, 0.3) is 0 Å². The summed E-state index contributed by atoms with van der Waals surface area (Å²) in [4.78, 5) is 25.2. The van der Waals surface area contributed by atoms with E-state index in [4.69, 9.17) is 16.5 Å². The highest BCUT2D eigenvalue weighted by atomic mass is 16.2. The summed E-state index contributed by atoms with van der Waals surface area (Å²) < 4.78 is 0. The van der Waals surface area contributed by atoms with Gasteiger partial charge in [-0.25, -0.2) is 4.99 Å². The maximum atomic E-state index is 12.7. The lowest BCUT2D eigenvalue weighted by Gasteiger charge is -2.45. The van der Waals surface area contributed by atoms with E-state index in [0.717, 1.165) is 37.1 Å². The van der Waals surface area contributed by atoms with Gasteiger partial charge in [0, 0.05) is 24.0 Å². The normalized spacial score (nSPS) is 18.2. The number of nitrogens with zero attached hydrogens (tertiary/aromatic N) is 4. The third kappa shape index (κ3) is 3.55. The molecule has 2 aromatic rings. The van der Waals surface area contributed by atoms with Crippen LogP contribution in [-0.4, -0.2) is 30.5 Å². The van der Waals surface area contributed by atoms with Crippen molar-refractivity contribution in [3.63, 3.8) is 0 Å². The molecule has 1 aliphatic carbocycles. The van der Waals surface area contributed by atoms with Crippen molar-refractivity contribution in [1.82, 2.24) is 0 Å². The van der Waals surface area contributed by atoms with Crippen LogP contribution in [0.1, 0.15) is 42.5 Å². The Morgan fingerprint density at radius 3 is 2.31 bits per heavy atom. The van der Waals surface area contributed by atoms with E-state index in [1.165, 1.54) is 6.42 Å². The summed E-state index contributed by atoms with van der Waals surface area (Å²) in [6, 6.07) is 17.0. The Morgan fingerprint density at radius 2 is 1.66 bits per heavy atom. The first-order valence-electron chi connectivity index (χ1n) is 9.93. The summed E-state index contributed by atoms with van der Waals surface area (Å²) in [7, 11) is 1.77. The number of carbonyl (C=O) groups is 1. The average molecular weight is 390 g/mol. The molecule has 0 atom stereocenters. The lowest BCUT2D eigenvalue weighted by Crippen LogP contribution is -2.58. The minimum atomic E-state index is -0.471. The molecule has 7 nitrogen and oxygen atoms in total. The molecule has 1 spiro atoms. The molecule has 0 unspecified atom stereocenters. The molecule has 2 aromatic carbocycles. The van der Waals surface area contributed by atoms with Gasteiger partial charge in [0.25, 0.3) is 5.91 Å². The van der Waals surface area contributed by atoms with Gasteiger partial charge in [0.15, 0.2) is 0 Å². The highest BCUT2D eigenvalue weighted by molar-refractivity contribution is 6.07. The second-order valence-electron chi connectivity index (χ2n) is 7.57. The first-order chi connectivity index (χ1) is 14.0. The number of aliphatic imine (C=N–C) groups is 2. The van der Waals surface area contributed by atoms with Gasteiger partial charge in [-0.2, -0.15) is 4.99 Å². The van der Waals surface area contributed by atoms with E-state index in [2.05, 4.69) is 4.99 Å². The second kappa shape index (κ2) is 7.58. The van der Waals surface area contributed by atoms with Gasteiger partial charge in [0.2, 0.25) is 11.9 Å². The summed E-state index contributed by atoms with van der Waals surface area (Å²) >= 11 is 0. The molecule has 4 rings (SSSR count). The van der Waals surface area contributed by atoms with Crippen LogP contribution in [0, 0.1) is 0 Å². The number of guanidine groups is 2. The van der Waals surface area contributed by atoms with Gasteiger partial charge < -0.3 is 16.4 Å². The van der Waals surface area contributed by atoms with Crippen LogP contribution in [0.2, 0.25) is 0 Å². The fourth-order valence-electron chi connectivity index (χ4n) is 4.21. The number of benzene rings is 2. The molecular formula is C22H26N6O. The molecule has 7 heteroatoms. The third-order valence-corrected chi connectivity index (χ3v) is 5.67. The summed E-state index contributed by atoms with van der Waals surface area (Å²) in [5.41, 5.74) is 14.1. The number of nitrogens with two attached hydrogens (primary N) is 2. The van der Waals surface area contributed by atoms with Crippen molar-refractivity contribution >= 4 is 29.2 Å². The van der Waals surface area contributed by atoms with Gasteiger partial charge in [-0.15, -0.1) is 0 Å². The standard InChI is InChI=1S/C22H26N6O/c1-27(19(29)16-8-4-2-5-9-16)17-10-12-18(13-11-17)28-21(24)25-20(23)26-22(28)14-6-3-7-15-22/h2,4-5,8-13H,3,6-7,14-15H2,1H3,(H4,23,24,25,26). The molecule has 1 saturated carbocycles. The first-order valence-corrected chi connectivity index (χ1v) is 9.93. The van der Waals surface area contributed by atoms with Crippen LogP contribution >= 0.6 is 0 Å². The summed E-state index contributed by atoms with van der Waals surface area (Å²) in [6.45, 7) is 0. The van der Waals surface area contributed by atoms with Crippen molar-refractivity contribution in [2.24, 2.45) is 21.5 Å². The molecule has 29 heavy (non-hydrogen) atoms. The molecular weight excluding hydrogens is 364 g/mol. The van der Waals surface area contributed by atoms with Crippen LogP contribution in [0.4, 0.5) is 11.4 Å². The minimum Gasteiger partial charge on any atom is -0.369 e. The first kappa shape index (κ1) is 19.0. The van der Waals surface area contributed by atoms with E-state index in [9.17, 15) is 4.79 Å². The third-order valence-electron chi connectivity index (χ3n) is 5.67. The van der Waals surface area contributed by atoms with Crippen molar-refractivity contribution in [1.29, 1.82) is 0 Å². The van der Waals surface area contributed by atoms with E-state index in [-0.39, 0.29) is 11.9 Å². The van der Waals surface area contributed by atoms with Gasteiger partial charge >= 0.3 is 0 Å². The molecule has 150 valence electrons. The molecule has 4 N–H and O–H groups in total. The molecule has 1 aliphatic heterocycles. The molecule has 0 radical (unpaired) electrons. The van der Waals surface area contributed by atoms with E-state index >= 15 is 0 Å². The number of hydrogen-bond acceptors (Lipinski definition) is 6. The average Bonchev–Trinajstić information content (AvgIpc) is 2.74. The highest BCUT2D eigenvalue weighted by Gasteiger charge is 2.42. The lowest BCUT2D eigenvalue weighted by atomic mass is 9.87. The quantitative estimate of drug-likeness (QED) is 0.841. The van der Waals surface area contributed by atoms with Gasteiger partial charge in [-0.1, -0.05) is 24.6 Å². The van der Waals surface area contributed by atoms with Crippen LogP contribution < -0.4 is 21.3 Å². The number of rotatable bonds is 3. The number of amides is 1. The van der Waals surface area contributed by atoms with Crippen molar-refractivity contribution in [2.45, 2.75) is 37.8 Å². The second-order valence-corrected chi connectivity index (χ2v) is 7.57. The van der Waals surface area contributed by atoms with E-state index in [1.807, 2.05) is 59.5 Å². The van der Waals surface area contributed by atoms with E-state index < -0.39 is 5.66 Å². The highest BCUT2D eigenvalue weighted by Crippen LogP contribution is 2.39. The van der Waals surface area contributed by atoms with E-state index in [1.54, 1.807) is 11.9 Å². The summed E-state index contributed by atoms with van der Waals surface area (Å²) in [5.74, 6) is 0.546. The zero-order valence-electron chi connectivity index (χ0n) is 16.6. The van der Waals surface area contributed by atoms with Crippen LogP contribution in [-0.2, 0) is 0 Å². The van der Waals surface area contributed by atoms with Gasteiger partial charge in [-0.3, -0.25) is 9.69 Å². The lowest BCUT2D eigenvalue weighted by molar-refractivity contribution is 0.0993. The molecule has 1 fully saturated rings. The Balaban J connectivity index is 1.61. The van der Waals surface area contributed by atoms with Crippen LogP contribution in [0.5, 0.6) is 0 Å². The Bertz CT molecular complexity index is 945. The monoisotopic (exact) mass is 390 g/mol. The molecule has 0 saturated heterocycles. The summed E-state index contributed by atoms with van der Waals surface area (Å²) in [5, 5.41) is 0. The molecule has 0 aromatic heterocycles. The fourth-order valence-corrected chi connectivity index (χ4v) is 4.21. The Kier molecular flexibility index (Phi) is 4.96. The molecule has 0 bridgehead atoms. The predicted molar refractivity (Wildman–Crippen MR) is 117 cm³/mol. The zero-order valence-corrected chi connectivity index (χ0v) is 16.6. The van der Waals surface area contributed by atoms with Crippen molar-refractivity contribution < 1.29 is 4.79 Å². The van der Waals surface area contributed by atoms with Crippen molar-refractivity contribution in [3.05, 3.63) is 60.2 Å². The fraction of sp³-hybridized carbons (Fsp3) is 0.318. The van der Waals surface area contributed by atoms with E-state index in [0.29, 0.717) is 11.5 Å². The number of hydrogen-bond donors (Lipinski definition) is 2. The molecule has 2 aliphatic rings. The summed E-state index contributed by atoms with van der Waals surface area (Å²) in [6.07, 6.45) is 5.11. The number of carbonyl (C=O) groups excluding carboxylic acids is 1. The molecule has 1 heterocycles. The largest absolute Gasteiger partial charge is 0.369 e. The predicted octanol–water partition coefficient (Wildman–Crippen LogP) is 3.07. The van der Waals surface area contributed by atoms with Gasteiger partial charge in [0.1, 0.15) is 5.66 Å². The Labute approximate surface area is 170 Å². The smallest absolute Gasteiger partial charge is 0.258 e. The van der Waals surface area contributed by atoms with Crippen LogP contribution in [0.3, 0.4) is 0 Å². The van der Waals surface area contributed by atoms with Crippen molar-refractivity contribution in [2.75, 3.05) is 16.8 Å². The van der Waals surface area contributed by atoms with Gasteiger partial charge in [0.05, 0.1) is 0 Å². The topological polar surface area (TPSA) is 100 Å². The maximum absolute atomic E-state index is 12.7. The number of anilines is 2. The minimum absolute atomic E-state index is 0.0569. The van der Waals surface area contributed by atoms with Gasteiger partial charge in [-0.05, 0) is 62.1 Å². The maximum Gasteiger partial charge on any atom is 0.258 e. The zero-order chi connectivity index (χ0) is 20.4.